The number of para-hydroxylation sites is 1. The Kier molecular flexibility index (Phi) is 5.01. The number of hydrogen-bond acceptors (Lipinski definition) is 2. The summed E-state index contributed by atoms with van der Waals surface area (Å²) in [7, 11) is 1.98. The van der Waals surface area contributed by atoms with Gasteiger partial charge in [0.2, 0.25) is 5.96 Å². The summed E-state index contributed by atoms with van der Waals surface area (Å²) in [5, 5.41) is 5.31. The van der Waals surface area contributed by atoms with Crippen molar-refractivity contribution in [3.05, 3.63) is 30.3 Å². The van der Waals surface area contributed by atoms with Gasteiger partial charge in [0.05, 0.1) is 5.69 Å². The van der Waals surface area contributed by atoms with Crippen molar-refractivity contribution >= 4 is 11.6 Å². The van der Waals surface area contributed by atoms with Gasteiger partial charge in [-0.05, 0) is 39.8 Å². The van der Waals surface area contributed by atoms with E-state index in [1.165, 1.54) is 0 Å². The Labute approximate surface area is 110 Å². The molecule has 0 aliphatic heterocycles. The van der Waals surface area contributed by atoms with Crippen LogP contribution in [0.3, 0.4) is 0 Å². The van der Waals surface area contributed by atoms with Crippen molar-refractivity contribution in [2.24, 2.45) is 4.99 Å². The number of guanidine groups is 1. The third-order valence-electron chi connectivity index (χ3n) is 2.23. The minimum atomic E-state index is -0.0153. The highest BCUT2D eigenvalue weighted by Crippen LogP contribution is 2.08. The van der Waals surface area contributed by atoms with Gasteiger partial charge < -0.3 is 5.32 Å². The summed E-state index contributed by atoms with van der Waals surface area (Å²) in [6.07, 6.45) is 0. The summed E-state index contributed by atoms with van der Waals surface area (Å²) in [4.78, 5) is 4.43. The van der Waals surface area contributed by atoms with Gasteiger partial charge in [0, 0.05) is 19.1 Å². The zero-order chi connectivity index (χ0) is 13.6. The lowest BCUT2D eigenvalue weighted by Crippen LogP contribution is -2.52. The molecular weight excluding hydrogens is 224 g/mol. The van der Waals surface area contributed by atoms with Crippen LogP contribution in [-0.2, 0) is 0 Å². The van der Waals surface area contributed by atoms with Crippen molar-refractivity contribution in [1.82, 2.24) is 10.7 Å². The number of benzene rings is 1. The summed E-state index contributed by atoms with van der Waals surface area (Å²) in [5.41, 5.74) is 4.34. The molecule has 0 spiro atoms. The van der Waals surface area contributed by atoms with Gasteiger partial charge in [-0.2, -0.15) is 0 Å². The van der Waals surface area contributed by atoms with E-state index in [4.69, 9.17) is 0 Å². The Hall–Kier alpha value is -1.71. The van der Waals surface area contributed by atoms with E-state index in [-0.39, 0.29) is 5.54 Å². The van der Waals surface area contributed by atoms with Gasteiger partial charge in [-0.25, -0.2) is 0 Å². The third-order valence-corrected chi connectivity index (χ3v) is 2.23. The average Bonchev–Trinajstić information content (AvgIpc) is 2.28. The quantitative estimate of drug-likeness (QED) is 0.490. The molecule has 0 aliphatic carbocycles. The fourth-order valence-corrected chi connectivity index (χ4v) is 1.49. The van der Waals surface area contributed by atoms with Crippen molar-refractivity contribution < 1.29 is 0 Å². The van der Waals surface area contributed by atoms with E-state index in [0.717, 1.165) is 18.2 Å². The molecule has 1 aromatic carbocycles. The molecule has 2 N–H and O–H groups in total. The molecule has 100 valence electrons. The van der Waals surface area contributed by atoms with Crippen molar-refractivity contribution in [2.45, 2.75) is 33.2 Å². The standard InChI is InChI=1S/C14H24N4/c1-6-15-13(16-14(2,3)4)17-18(5)12-10-8-7-9-11-12/h7-11H,6H2,1-5H3,(H2,15,16,17). The number of aliphatic imine (C=N–C) groups is 1. The summed E-state index contributed by atoms with van der Waals surface area (Å²) in [6, 6.07) is 10.1. The third kappa shape index (κ3) is 5.08. The van der Waals surface area contributed by atoms with Gasteiger partial charge in [-0.3, -0.25) is 15.4 Å². The summed E-state index contributed by atoms with van der Waals surface area (Å²) in [6.45, 7) is 9.11. The van der Waals surface area contributed by atoms with E-state index in [9.17, 15) is 0 Å². The van der Waals surface area contributed by atoms with E-state index in [1.807, 2.05) is 49.3 Å². The molecular formula is C14H24N4. The second kappa shape index (κ2) is 6.28. The second-order valence-corrected chi connectivity index (χ2v) is 5.20. The highest BCUT2D eigenvalue weighted by atomic mass is 15.5. The molecule has 0 aliphatic rings. The molecule has 0 radical (unpaired) electrons. The van der Waals surface area contributed by atoms with Gasteiger partial charge in [0.1, 0.15) is 0 Å². The maximum atomic E-state index is 4.43. The minimum Gasteiger partial charge on any atom is -0.350 e. The van der Waals surface area contributed by atoms with Crippen LogP contribution in [0.2, 0.25) is 0 Å². The first-order valence-corrected chi connectivity index (χ1v) is 6.30. The fraction of sp³-hybridized carbons (Fsp3) is 0.500. The minimum absolute atomic E-state index is 0.0153. The highest BCUT2D eigenvalue weighted by Gasteiger charge is 2.13. The predicted octanol–water partition coefficient (Wildman–Crippen LogP) is 2.39. The lowest BCUT2D eigenvalue weighted by molar-refractivity contribution is 0.500. The van der Waals surface area contributed by atoms with Crippen LogP contribution in [0, 0.1) is 0 Å². The van der Waals surface area contributed by atoms with Crippen LogP contribution >= 0.6 is 0 Å². The van der Waals surface area contributed by atoms with Crippen LogP contribution in [0.15, 0.2) is 35.3 Å². The first-order chi connectivity index (χ1) is 8.42. The number of hydrazine groups is 1. The average molecular weight is 248 g/mol. The van der Waals surface area contributed by atoms with Gasteiger partial charge in [-0.15, -0.1) is 0 Å². The van der Waals surface area contributed by atoms with Gasteiger partial charge in [-0.1, -0.05) is 18.2 Å². The molecule has 1 aromatic rings. The normalized spacial score (nSPS) is 12.2. The van der Waals surface area contributed by atoms with E-state index in [2.05, 4.69) is 36.5 Å². The molecule has 4 heteroatoms. The Bertz CT molecular complexity index is 379. The predicted molar refractivity (Wildman–Crippen MR) is 78.8 cm³/mol. The molecule has 0 amide bonds. The van der Waals surface area contributed by atoms with Gasteiger partial charge in [0.15, 0.2) is 0 Å². The molecule has 0 aromatic heterocycles. The highest BCUT2D eigenvalue weighted by molar-refractivity contribution is 5.82. The molecule has 0 atom stereocenters. The Balaban J connectivity index is 2.70. The number of hydrogen-bond donors (Lipinski definition) is 2. The van der Waals surface area contributed by atoms with E-state index >= 15 is 0 Å². The number of rotatable bonds is 3. The van der Waals surface area contributed by atoms with Crippen LogP contribution in [0.5, 0.6) is 0 Å². The van der Waals surface area contributed by atoms with Crippen molar-refractivity contribution in [3.8, 4) is 0 Å². The maximum Gasteiger partial charge on any atom is 0.210 e. The first kappa shape index (κ1) is 14.4. The molecule has 4 nitrogen and oxygen atoms in total. The summed E-state index contributed by atoms with van der Waals surface area (Å²) >= 11 is 0. The molecule has 0 fully saturated rings. The van der Waals surface area contributed by atoms with E-state index in [1.54, 1.807) is 0 Å². The molecule has 0 bridgehead atoms. The topological polar surface area (TPSA) is 39.7 Å². The molecule has 0 saturated carbocycles. The Morgan fingerprint density at radius 2 is 1.83 bits per heavy atom. The molecule has 1 rings (SSSR count). The molecule has 0 heterocycles. The van der Waals surface area contributed by atoms with Crippen molar-refractivity contribution in [2.75, 3.05) is 18.6 Å². The van der Waals surface area contributed by atoms with Crippen molar-refractivity contribution in [3.63, 3.8) is 0 Å². The second-order valence-electron chi connectivity index (χ2n) is 5.20. The SMILES string of the molecule is CCN=C(NN(C)c1ccccc1)NC(C)(C)C. The Morgan fingerprint density at radius 1 is 1.22 bits per heavy atom. The van der Waals surface area contributed by atoms with Crippen LogP contribution in [0.4, 0.5) is 5.69 Å². The lowest BCUT2D eigenvalue weighted by atomic mass is 10.1. The van der Waals surface area contributed by atoms with Crippen LogP contribution < -0.4 is 15.8 Å². The summed E-state index contributed by atoms with van der Waals surface area (Å²) < 4.78 is 0. The number of anilines is 1. The van der Waals surface area contributed by atoms with Crippen molar-refractivity contribution in [1.29, 1.82) is 0 Å². The maximum absolute atomic E-state index is 4.43. The van der Waals surface area contributed by atoms with Crippen LogP contribution in [0.1, 0.15) is 27.7 Å². The van der Waals surface area contributed by atoms with Gasteiger partial charge >= 0.3 is 0 Å². The largest absolute Gasteiger partial charge is 0.350 e. The van der Waals surface area contributed by atoms with E-state index in [0.29, 0.717) is 0 Å². The molecule has 0 saturated heterocycles. The molecule has 0 unspecified atom stereocenters. The monoisotopic (exact) mass is 248 g/mol. The zero-order valence-corrected chi connectivity index (χ0v) is 12.0. The smallest absolute Gasteiger partial charge is 0.210 e. The van der Waals surface area contributed by atoms with Crippen LogP contribution in [-0.4, -0.2) is 25.1 Å². The zero-order valence-electron chi connectivity index (χ0n) is 12.0. The van der Waals surface area contributed by atoms with E-state index < -0.39 is 0 Å². The first-order valence-electron chi connectivity index (χ1n) is 6.30. The van der Waals surface area contributed by atoms with Crippen LogP contribution in [0.25, 0.3) is 0 Å². The summed E-state index contributed by atoms with van der Waals surface area (Å²) in [5.74, 6) is 0.788. The number of nitrogens with zero attached hydrogens (tertiary/aromatic N) is 2. The Morgan fingerprint density at radius 3 is 2.33 bits per heavy atom. The number of nitrogens with one attached hydrogen (secondary N) is 2. The fourth-order valence-electron chi connectivity index (χ4n) is 1.49. The van der Waals surface area contributed by atoms with Gasteiger partial charge in [0.25, 0.3) is 0 Å². The lowest BCUT2D eigenvalue weighted by Gasteiger charge is -2.28. The molecule has 18 heavy (non-hydrogen) atoms.